The molecule has 1 heterocycles. The van der Waals surface area contributed by atoms with Crippen LogP contribution in [0.3, 0.4) is 0 Å². The molecule has 0 aliphatic carbocycles. The van der Waals surface area contributed by atoms with Gasteiger partial charge in [0.1, 0.15) is 0 Å². The number of hydrogen-bond acceptors (Lipinski definition) is 0. The van der Waals surface area contributed by atoms with Crippen molar-refractivity contribution >= 4 is 22.5 Å². The van der Waals surface area contributed by atoms with Crippen LogP contribution in [0.15, 0.2) is 18.2 Å². The summed E-state index contributed by atoms with van der Waals surface area (Å²) in [4.78, 5) is 3.37. The first-order valence-electron chi connectivity index (χ1n) is 4.49. The Bertz CT molecular complexity index is 443. The number of hydrogen-bond donors (Lipinski definition) is 1. The Balaban J connectivity index is 2.85. The van der Waals surface area contributed by atoms with Gasteiger partial charge in [0.2, 0.25) is 0 Å². The van der Waals surface area contributed by atoms with Crippen LogP contribution in [0.5, 0.6) is 0 Å². The Morgan fingerprint density at radius 1 is 1.38 bits per heavy atom. The van der Waals surface area contributed by atoms with Gasteiger partial charge >= 0.3 is 0 Å². The van der Waals surface area contributed by atoms with Crippen molar-refractivity contribution in [2.45, 2.75) is 20.3 Å². The number of H-pyrrole nitrogens is 1. The second kappa shape index (κ2) is 3.08. The minimum absolute atomic E-state index is 0.839. The van der Waals surface area contributed by atoms with E-state index in [0.29, 0.717) is 0 Å². The SMILES string of the molecule is CCc1[nH]c2cccc(Cl)c2c1C. The number of aromatic amines is 1. The predicted octanol–water partition coefficient (Wildman–Crippen LogP) is 3.69. The number of rotatable bonds is 1. The molecule has 68 valence electrons. The minimum Gasteiger partial charge on any atom is -0.358 e. The van der Waals surface area contributed by atoms with Crippen LogP contribution < -0.4 is 0 Å². The molecule has 13 heavy (non-hydrogen) atoms. The maximum absolute atomic E-state index is 6.11. The summed E-state index contributed by atoms with van der Waals surface area (Å²) in [5, 5.41) is 2.01. The predicted molar refractivity (Wildman–Crippen MR) is 57.4 cm³/mol. The molecule has 2 rings (SSSR count). The molecule has 0 spiro atoms. The Morgan fingerprint density at radius 3 is 2.77 bits per heavy atom. The second-order valence-electron chi connectivity index (χ2n) is 3.24. The molecular formula is C11H12ClN. The van der Waals surface area contributed by atoms with E-state index in [0.717, 1.165) is 17.0 Å². The first kappa shape index (κ1) is 8.64. The minimum atomic E-state index is 0.839. The van der Waals surface area contributed by atoms with Crippen LogP contribution in [0, 0.1) is 6.92 Å². The lowest BCUT2D eigenvalue weighted by Gasteiger charge is -1.94. The van der Waals surface area contributed by atoms with Crippen molar-refractivity contribution in [2.75, 3.05) is 0 Å². The fourth-order valence-corrected chi connectivity index (χ4v) is 2.09. The van der Waals surface area contributed by atoms with Crippen LogP contribution in [0.1, 0.15) is 18.2 Å². The van der Waals surface area contributed by atoms with Crippen LogP contribution in [0.4, 0.5) is 0 Å². The number of halogens is 1. The highest BCUT2D eigenvalue weighted by Crippen LogP contribution is 2.28. The van der Waals surface area contributed by atoms with E-state index in [9.17, 15) is 0 Å². The van der Waals surface area contributed by atoms with Gasteiger partial charge in [-0.3, -0.25) is 0 Å². The van der Waals surface area contributed by atoms with Gasteiger partial charge in [0.25, 0.3) is 0 Å². The van der Waals surface area contributed by atoms with E-state index < -0.39 is 0 Å². The molecule has 0 radical (unpaired) electrons. The fraction of sp³-hybridized carbons (Fsp3) is 0.273. The smallest absolute Gasteiger partial charge is 0.0502 e. The van der Waals surface area contributed by atoms with Crippen molar-refractivity contribution in [3.63, 3.8) is 0 Å². The van der Waals surface area contributed by atoms with Crippen molar-refractivity contribution in [3.8, 4) is 0 Å². The van der Waals surface area contributed by atoms with E-state index in [1.54, 1.807) is 0 Å². The molecule has 1 aromatic carbocycles. The third kappa shape index (κ3) is 1.24. The van der Waals surface area contributed by atoms with Gasteiger partial charge in [-0.2, -0.15) is 0 Å². The normalized spacial score (nSPS) is 11.0. The molecule has 1 nitrogen and oxygen atoms in total. The zero-order chi connectivity index (χ0) is 9.42. The van der Waals surface area contributed by atoms with Crippen molar-refractivity contribution in [1.29, 1.82) is 0 Å². The van der Waals surface area contributed by atoms with Crippen LogP contribution in [0.2, 0.25) is 5.02 Å². The Kier molecular flexibility index (Phi) is 2.04. The van der Waals surface area contributed by atoms with Gasteiger partial charge in [-0.1, -0.05) is 24.6 Å². The topological polar surface area (TPSA) is 15.8 Å². The molecule has 1 aromatic heterocycles. The van der Waals surface area contributed by atoms with Crippen molar-refractivity contribution in [3.05, 3.63) is 34.5 Å². The van der Waals surface area contributed by atoms with Gasteiger partial charge in [0.15, 0.2) is 0 Å². The molecule has 0 unspecified atom stereocenters. The molecule has 0 fully saturated rings. The summed E-state index contributed by atoms with van der Waals surface area (Å²) >= 11 is 6.11. The third-order valence-corrected chi connectivity index (χ3v) is 2.80. The number of nitrogens with one attached hydrogen (secondary N) is 1. The van der Waals surface area contributed by atoms with Crippen LogP contribution >= 0.6 is 11.6 Å². The van der Waals surface area contributed by atoms with Gasteiger partial charge in [-0.05, 0) is 31.0 Å². The lowest BCUT2D eigenvalue weighted by Crippen LogP contribution is -1.80. The average molecular weight is 194 g/mol. The highest BCUT2D eigenvalue weighted by molar-refractivity contribution is 6.35. The summed E-state index contributed by atoms with van der Waals surface area (Å²) in [6, 6.07) is 5.97. The summed E-state index contributed by atoms with van der Waals surface area (Å²) in [6.07, 6.45) is 1.02. The Labute approximate surface area is 82.7 Å². The van der Waals surface area contributed by atoms with Gasteiger partial charge in [-0.15, -0.1) is 0 Å². The third-order valence-electron chi connectivity index (χ3n) is 2.48. The molecule has 0 aliphatic rings. The second-order valence-corrected chi connectivity index (χ2v) is 3.65. The maximum Gasteiger partial charge on any atom is 0.0502 e. The van der Waals surface area contributed by atoms with Gasteiger partial charge < -0.3 is 4.98 Å². The summed E-state index contributed by atoms with van der Waals surface area (Å²) in [6.45, 7) is 4.26. The average Bonchev–Trinajstić information content (AvgIpc) is 2.44. The zero-order valence-corrected chi connectivity index (χ0v) is 8.57. The van der Waals surface area contributed by atoms with Crippen LogP contribution in [-0.2, 0) is 6.42 Å². The van der Waals surface area contributed by atoms with Gasteiger partial charge in [0.05, 0.1) is 5.02 Å². The molecule has 2 heteroatoms. The molecular weight excluding hydrogens is 182 g/mol. The Hall–Kier alpha value is -0.950. The summed E-state index contributed by atoms with van der Waals surface area (Å²) in [5.74, 6) is 0. The number of aromatic nitrogens is 1. The summed E-state index contributed by atoms with van der Waals surface area (Å²) < 4.78 is 0. The summed E-state index contributed by atoms with van der Waals surface area (Å²) in [7, 11) is 0. The largest absolute Gasteiger partial charge is 0.358 e. The fourth-order valence-electron chi connectivity index (χ4n) is 1.77. The quantitative estimate of drug-likeness (QED) is 0.711. The van der Waals surface area contributed by atoms with Crippen molar-refractivity contribution in [2.24, 2.45) is 0 Å². The first-order valence-corrected chi connectivity index (χ1v) is 4.87. The number of benzene rings is 1. The van der Waals surface area contributed by atoms with Crippen molar-refractivity contribution < 1.29 is 0 Å². The summed E-state index contributed by atoms with van der Waals surface area (Å²) in [5.41, 5.74) is 3.70. The molecule has 1 N–H and O–H groups in total. The van der Waals surface area contributed by atoms with Crippen molar-refractivity contribution in [1.82, 2.24) is 4.98 Å². The van der Waals surface area contributed by atoms with E-state index >= 15 is 0 Å². The van der Waals surface area contributed by atoms with E-state index in [1.165, 1.54) is 16.6 Å². The maximum atomic E-state index is 6.11. The molecule has 2 aromatic rings. The number of fused-ring (bicyclic) bond motifs is 1. The highest BCUT2D eigenvalue weighted by Gasteiger charge is 2.07. The van der Waals surface area contributed by atoms with E-state index in [-0.39, 0.29) is 0 Å². The molecule has 0 saturated heterocycles. The van der Waals surface area contributed by atoms with E-state index in [1.807, 2.05) is 12.1 Å². The van der Waals surface area contributed by atoms with Gasteiger partial charge in [0, 0.05) is 16.6 Å². The molecule has 0 amide bonds. The number of aryl methyl sites for hydroxylation is 2. The molecule has 0 aliphatic heterocycles. The van der Waals surface area contributed by atoms with Crippen LogP contribution in [-0.4, -0.2) is 4.98 Å². The molecule has 0 saturated carbocycles. The first-order chi connectivity index (χ1) is 6.24. The zero-order valence-electron chi connectivity index (χ0n) is 7.82. The molecule has 0 atom stereocenters. The van der Waals surface area contributed by atoms with E-state index in [4.69, 9.17) is 11.6 Å². The van der Waals surface area contributed by atoms with E-state index in [2.05, 4.69) is 24.9 Å². The monoisotopic (exact) mass is 193 g/mol. The van der Waals surface area contributed by atoms with Gasteiger partial charge in [-0.25, -0.2) is 0 Å². The Morgan fingerprint density at radius 2 is 2.15 bits per heavy atom. The standard InChI is InChI=1S/C11H12ClN/c1-3-9-7(2)11-8(12)5-4-6-10(11)13-9/h4-6,13H,3H2,1-2H3. The lowest BCUT2D eigenvalue weighted by molar-refractivity contribution is 1.05. The van der Waals surface area contributed by atoms with Crippen LogP contribution in [0.25, 0.3) is 10.9 Å². The lowest BCUT2D eigenvalue weighted by atomic mass is 10.1. The highest BCUT2D eigenvalue weighted by atomic mass is 35.5. The molecule has 0 bridgehead atoms.